The standard InChI is InChI=1S/C20H33N3O5S/c1-6-27-17-9-8-16(14-18(17)28-7-2)29(25,26)23-12-10-22(11-13-23)15-19(24)21-20(3,4)5/h8-9,14H,6-7,10-13,15H2,1-5H3,(H,21,24)/p+1. The molecule has 164 valence electrons. The van der Waals surface area contributed by atoms with Gasteiger partial charge in [0, 0.05) is 11.6 Å². The molecule has 1 aromatic rings. The molecule has 0 radical (unpaired) electrons. The third kappa shape index (κ3) is 6.58. The van der Waals surface area contributed by atoms with Gasteiger partial charge in [0.25, 0.3) is 5.91 Å². The highest BCUT2D eigenvalue weighted by Crippen LogP contribution is 2.31. The highest BCUT2D eigenvalue weighted by Gasteiger charge is 2.32. The van der Waals surface area contributed by atoms with E-state index < -0.39 is 10.0 Å². The minimum Gasteiger partial charge on any atom is -0.490 e. The number of piperazine rings is 1. The lowest BCUT2D eigenvalue weighted by Crippen LogP contribution is -3.16. The zero-order valence-electron chi connectivity index (χ0n) is 18.1. The van der Waals surface area contributed by atoms with Crippen molar-refractivity contribution in [2.24, 2.45) is 0 Å². The predicted molar refractivity (Wildman–Crippen MR) is 111 cm³/mol. The summed E-state index contributed by atoms with van der Waals surface area (Å²) >= 11 is 0. The minimum atomic E-state index is -3.63. The number of sulfonamides is 1. The molecule has 1 amide bonds. The number of nitrogens with one attached hydrogen (secondary N) is 2. The van der Waals surface area contributed by atoms with Gasteiger partial charge in [-0.05, 0) is 46.8 Å². The number of hydrogen-bond acceptors (Lipinski definition) is 5. The Hall–Kier alpha value is -1.84. The normalized spacial score (nSPS) is 16.4. The molecule has 0 bridgehead atoms. The lowest BCUT2D eigenvalue weighted by molar-refractivity contribution is -0.895. The van der Waals surface area contributed by atoms with E-state index in [1.807, 2.05) is 34.6 Å². The minimum absolute atomic E-state index is 0.0170. The molecule has 0 aromatic heterocycles. The summed E-state index contributed by atoms with van der Waals surface area (Å²) in [7, 11) is -3.63. The predicted octanol–water partition coefficient (Wildman–Crippen LogP) is 0.288. The van der Waals surface area contributed by atoms with Crippen LogP contribution in [0.25, 0.3) is 0 Å². The maximum atomic E-state index is 13.1. The number of hydrogen-bond donors (Lipinski definition) is 2. The monoisotopic (exact) mass is 428 g/mol. The van der Waals surface area contributed by atoms with Crippen molar-refractivity contribution < 1.29 is 27.6 Å². The average Bonchev–Trinajstić information content (AvgIpc) is 2.62. The van der Waals surface area contributed by atoms with Gasteiger partial charge in [-0.2, -0.15) is 4.31 Å². The van der Waals surface area contributed by atoms with Gasteiger partial charge < -0.3 is 19.7 Å². The van der Waals surface area contributed by atoms with E-state index in [2.05, 4.69) is 5.32 Å². The smallest absolute Gasteiger partial charge is 0.275 e. The molecule has 1 aliphatic rings. The molecule has 1 fully saturated rings. The summed E-state index contributed by atoms with van der Waals surface area (Å²) in [5.41, 5.74) is -0.270. The van der Waals surface area contributed by atoms with Crippen molar-refractivity contribution in [3.63, 3.8) is 0 Å². The number of amides is 1. The highest BCUT2D eigenvalue weighted by atomic mass is 32.2. The van der Waals surface area contributed by atoms with Gasteiger partial charge in [-0.25, -0.2) is 8.42 Å². The molecule has 1 aliphatic heterocycles. The van der Waals surface area contributed by atoms with E-state index in [9.17, 15) is 13.2 Å². The van der Waals surface area contributed by atoms with E-state index >= 15 is 0 Å². The van der Waals surface area contributed by atoms with Gasteiger partial charge in [0.1, 0.15) is 0 Å². The van der Waals surface area contributed by atoms with Crippen LogP contribution in [0.4, 0.5) is 0 Å². The fourth-order valence-electron chi connectivity index (χ4n) is 3.25. The average molecular weight is 429 g/mol. The van der Waals surface area contributed by atoms with Crippen molar-refractivity contribution in [3.8, 4) is 11.5 Å². The topological polar surface area (TPSA) is 89.4 Å². The van der Waals surface area contributed by atoms with Gasteiger partial charge in [0.15, 0.2) is 18.0 Å². The Labute approximate surface area is 174 Å². The number of carbonyl (C=O) groups excluding carboxylic acids is 1. The van der Waals surface area contributed by atoms with E-state index in [0.717, 1.165) is 4.90 Å². The summed E-state index contributed by atoms with van der Waals surface area (Å²) in [4.78, 5) is 13.4. The van der Waals surface area contributed by atoms with Crippen molar-refractivity contribution in [2.45, 2.75) is 45.1 Å². The fourth-order valence-corrected chi connectivity index (χ4v) is 4.71. The summed E-state index contributed by atoms with van der Waals surface area (Å²) in [5.74, 6) is 0.947. The van der Waals surface area contributed by atoms with Gasteiger partial charge in [0.05, 0.1) is 44.3 Å². The number of rotatable bonds is 8. The van der Waals surface area contributed by atoms with Crippen LogP contribution < -0.4 is 19.7 Å². The molecular weight excluding hydrogens is 394 g/mol. The first-order valence-corrected chi connectivity index (χ1v) is 11.5. The fraction of sp³-hybridized carbons (Fsp3) is 0.650. The third-order valence-electron chi connectivity index (χ3n) is 4.51. The summed E-state index contributed by atoms with van der Waals surface area (Å²) in [6.45, 7) is 12.7. The van der Waals surface area contributed by atoms with Crippen LogP contribution in [-0.2, 0) is 14.8 Å². The Kier molecular flexibility index (Phi) is 7.90. The van der Waals surface area contributed by atoms with Crippen molar-refractivity contribution in [1.29, 1.82) is 0 Å². The lowest BCUT2D eigenvalue weighted by Gasteiger charge is -2.32. The van der Waals surface area contributed by atoms with Gasteiger partial charge >= 0.3 is 0 Å². The number of ether oxygens (including phenoxy) is 2. The van der Waals surface area contributed by atoms with Gasteiger partial charge in [-0.3, -0.25) is 4.79 Å². The molecule has 9 heteroatoms. The van der Waals surface area contributed by atoms with E-state index in [4.69, 9.17) is 9.47 Å². The maximum Gasteiger partial charge on any atom is 0.275 e. The molecular formula is C20H34N3O5S+. The highest BCUT2D eigenvalue weighted by molar-refractivity contribution is 7.89. The van der Waals surface area contributed by atoms with Crippen LogP contribution in [0.15, 0.2) is 23.1 Å². The first-order valence-electron chi connectivity index (χ1n) is 10.1. The number of benzene rings is 1. The van der Waals surface area contributed by atoms with Crippen LogP contribution in [-0.4, -0.2) is 70.1 Å². The quantitative estimate of drug-likeness (QED) is 0.621. The van der Waals surface area contributed by atoms with Crippen LogP contribution in [0, 0.1) is 0 Å². The Balaban J connectivity index is 2.04. The second kappa shape index (κ2) is 9.77. The second-order valence-electron chi connectivity index (χ2n) is 8.10. The van der Waals surface area contributed by atoms with Crippen LogP contribution in [0.2, 0.25) is 0 Å². The Bertz CT molecular complexity index is 797. The molecule has 8 nitrogen and oxygen atoms in total. The van der Waals surface area contributed by atoms with Gasteiger partial charge in [-0.15, -0.1) is 0 Å². The van der Waals surface area contributed by atoms with E-state index in [0.29, 0.717) is 57.4 Å². The molecule has 1 heterocycles. The molecule has 0 unspecified atom stereocenters. The van der Waals surface area contributed by atoms with E-state index in [1.165, 1.54) is 10.4 Å². The maximum absolute atomic E-state index is 13.1. The largest absolute Gasteiger partial charge is 0.490 e. The SMILES string of the molecule is CCOc1ccc(S(=O)(=O)N2CC[NH+](CC(=O)NC(C)(C)C)CC2)cc1OCC. The van der Waals surface area contributed by atoms with E-state index in [1.54, 1.807) is 12.1 Å². The van der Waals surface area contributed by atoms with Crippen molar-refractivity contribution in [2.75, 3.05) is 45.9 Å². The molecule has 0 spiro atoms. The molecule has 2 rings (SSSR count). The molecule has 2 N–H and O–H groups in total. The number of carbonyl (C=O) groups is 1. The number of nitrogens with zero attached hydrogens (tertiary/aromatic N) is 1. The van der Waals surface area contributed by atoms with Crippen molar-refractivity contribution >= 4 is 15.9 Å². The van der Waals surface area contributed by atoms with Crippen LogP contribution in [0.3, 0.4) is 0 Å². The molecule has 0 aliphatic carbocycles. The van der Waals surface area contributed by atoms with E-state index in [-0.39, 0.29) is 16.3 Å². The second-order valence-corrected chi connectivity index (χ2v) is 10.0. The molecule has 0 atom stereocenters. The summed E-state index contributed by atoms with van der Waals surface area (Å²) in [6, 6.07) is 4.72. The lowest BCUT2D eigenvalue weighted by atomic mass is 10.1. The number of quaternary nitrogens is 1. The molecule has 29 heavy (non-hydrogen) atoms. The Morgan fingerprint density at radius 2 is 1.69 bits per heavy atom. The third-order valence-corrected chi connectivity index (χ3v) is 6.40. The van der Waals surface area contributed by atoms with Crippen LogP contribution in [0.1, 0.15) is 34.6 Å². The summed E-state index contributed by atoms with van der Waals surface area (Å²) < 4.78 is 38.7. The first kappa shape index (κ1) is 23.4. The van der Waals surface area contributed by atoms with Crippen molar-refractivity contribution in [3.05, 3.63) is 18.2 Å². The first-order chi connectivity index (χ1) is 13.6. The van der Waals surface area contributed by atoms with Crippen LogP contribution >= 0.6 is 0 Å². The summed E-state index contributed by atoms with van der Waals surface area (Å²) in [5, 5.41) is 2.95. The molecule has 1 aromatic carbocycles. The molecule has 1 saturated heterocycles. The van der Waals surface area contributed by atoms with Crippen LogP contribution in [0.5, 0.6) is 11.5 Å². The Morgan fingerprint density at radius 1 is 1.10 bits per heavy atom. The van der Waals surface area contributed by atoms with Gasteiger partial charge in [-0.1, -0.05) is 0 Å². The Morgan fingerprint density at radius 3 is 2.24 bits per heavy atom. The zero-order valence-corrected chi connectivity index (χ0v) is 18.9. The summed E-state index contributed by atoms with van der Waals surface area (Å²) in [6.07, 6.45) is 0. The van der Waals surface area contributed by atoms with Gasteiger partial charge in [0.2, 0.25) is 10.0 Å². The molecule has 0 saturated carbocycles. The van der Waals surface area contributed by atoms with Crippen molar-refractivity contribution in [1.82, 2.24) is 9.62 Å². The zero-order chi connectivity index (χ0) is 21.7.